The summed E-state index contributed by atoms with van der Waals surface area (Å²) in [6.45, 7) is 1.14. The van der Waals surface area contributed by atoms with Crippen LogP contribution in [0.25, 0.3) is 0 Å². The molecule has 3 heteroatoms. The topological polar surface area (TPSA) is 43.8 Å². The first-order valence-corrected chi connectivity index (χ1v) is 5.64. The van der Waals surface area contributed by atoms with Crippen LogP contribution in [0.5, 0.6) is 0 Å². The molecule has 0 aromatic carbocycles. The van der Waals surface area contributed by atoms with Crippen LogP contribution >= 0.6 is 0 Å². The minimum atomic E-state index is 0.181. The molecule has 1 aromatic rings. The summed E-state index contributed by atoms with van der Waals surface area (Å²) in [5.74, 6) is 2.13. The molecule has 2 aliphatic rings. The van der Waals surface area contributed by atoms with Gasteiger partial charge in [0.05, 0.1) is 5.69 Å². The van der Waals surface area contributed by atoms with E-state index in [1.54, 1.807) is 0 Å². The maximum atomic E-state index is 6.12. The van der Waals surface area contributed by atoms with E-state index in [1.807, 2.05) is 0 Å². The van der Waals surface area contributed by atoms with Crippen LogP contribution < -0.4 is 5.73 Å². The first kappa shape index (κ1) is 8.48. The zero-order valence-corrected chi connectivity index (χ0v) is 8.45. The smallest absolute Gasteiger partial charge is 0.109 e. The fourth-order valence-electron chi connectivity index (χ4n) is 2.29. The van der Waals surface area contributed by atoms with Crippen LogP contribution in [0.15, 0.2) is 6.20 Å². The van der Waals surface area contributed by atoms with Gasteiger partial charge in [0, 0.05) is 25.2 Å². The number of hydrogen-bond donors (Lipinski definition) is 1. The molecule has 1 aromatic heterocycles. The molecule has 2 heterocycles. The van der Waals surface area contributed by atoms with Crippen molar-refractivity contribution in [1.82, 2.24) is 9.55 Å². The molecule has 0 spiro atoms. The zero-order chi connectivity index (χ0) is 9.54. The van der Waals surface area contributed by atoms with E-state index in [0.29, 0.717) is 0 Å². The predicted octanol–water partition coefficient (Wildman–Crippen LogP) is 1.63. The van der Waals surface area contributed by atoms with Crippen molar-refractivity contribution in [2.45, 2.75) is 44.7 Å². The van der Waals surface area contributed by atoms with Gasteiger partial charge in [0.2, 0.25) is 0 Å². The van der Waals surface area contributed by atoms with Gasteiger partial charge in [0.25, 0.3) is 0 Å². The Balaban J connectivity index is 1.75. The van der Waals surface area contributed by atoms with Crippen LogP contribution in [0.1, 0.15) is 43.2 Å². The van der Waals surface area contributed by atoms with E-state index < -0.39 is 0 Å². The molecule has 0 amide bonds. The van der Waals surface area contributed by atoms with Crippen molar-refractivity contribution in [3.8, 4) is 0 Å². The number of nitrogens with zero attached hydrogens (tertiary/aromatic N) is 2. The van der Waals surface area contributed by atoms with E-state index in [9.17, 15) is 0 Å². The third kappa shape index (κ3) is 1.46. The molecule has 1 fully saturated rings. The van der Waals surface area contributed by atoms with Gasteiger partial charge in [-0.3, -0.25) is 0 Å². The van der Waals surface area contributed by atoms with Gasteiger partial charge in [-0.1, -0.05) is 12.8 Å². The van der Waals surface area contributed by atoms with Crippen molar-refractivity contribution in [2.24, 2.45) is 11.7 Å². The Morgan fingerprint density at radius 2 is 2.43 bits per heavy atom. The molecular formula is C11H17N3. The average Bonchev–Trinajstić information content (AvgIpc) is 2.73. The van der Waals surface area contributed by atoms with E-state index in [2.05, 4.69) is 15.7 Å². The largest absolute Gasteiger partial charge is 0.335 e. The van der Waals surface area contributed by atoms with Crippen molar-refractivity contribution in [3.63, 3.8) is 0 Å². The highest BCUT2D eigenvalue weighted by Gasteiger charge is 2.26. The second-order valence-electron chi connectivity index (χ2n) is 4.66. The molecule has 1 atom stereocenters. The predicted molar refractivity (Wildman–Crippen MR) is 54.8 cm³/mol. The van der Waals surface area contributed by atoms with Gasteiger partial charge in [0.1, 0.15) is 5.82 Å². The molecule has 1 aliphatic carbocycles. The van der Waals surface area contributed by atoms with Crippen LogP contribution in [-0.2, 0) is 13.0 Å². The van der Waals surface area contributed by atoms with E-state index in [1.165, 1.54) is 25.1 Å². The number of rotatable bonds is 3. The molecule has 3 nitrogen and oxygen atoms in total. The molecule has 0 bridgehead atoms. The lowest BCUT2D eigenvalue weighted by Crippen LogP contribution is -2.11. The number of hydrogen-bond acceptors (Lipinski definition) is 2. The van der Waals surface area contributed by atoms with Crippen LogP contribution in [0, 0.1) is 5.92 Å². The highest BCUT2D eigenvalue weighted by atomic mass is 15.1. The highest BCUT2D eigenvalue weighted by Crippen LogP contribution is 2.36. The fourth-order valence-corrected chi connectivity index (χ4v) is 2.29. The van der Waals surface area contributed by atoms with Crippen molar-refractivity contribution in [1.29, 1.82) is 0 Å². The van der Waals surface area contributed by atoms with Crippen molar-refractivity contribution in [3.05, 3.63) is 17.7 Å². The maximum absolute atomic E-state index is 6.12. The number of aryl methyl sites for hydroxylation is 2. The Morgan fingerprint density at radius 3 is 3.14 bits per heavy atom. The quantitative estimate of drug-likeness (QED) is 0.789. The summed E-state index contributed by atoms with van der Waals surface area (Å²) in [6, 6.07) is 0.181. The summed E-state index contributed by atoms with van der Waals surface area (Å²) in [7, 11) is 0. The Morgan fingerprint density at radius 1 is 1.57 bits per heavy atom. The zero-order valence-electron chi connectivity index (χ0n) is 8.45. The number of fused-ring (bicyclic) bond motifs is 1. The second kappa shape index (κ2) is 3.09. The molecule has 3 rings (SSSR count). The summed E-state index contributed by atoms with van der Waals surface area (Å²) in [5, 5.41) is 0. The van der Waals surface area contributed by atoms with E-state index in [-0.39, 0.29) is 6.04 Å². The molecule has 0 radical (unpaired) electrons. The van der Waals surface area contributed by atoms with E-state index in [0.717, 1.165) is 31.0 Å². The SMILES string of the molecule is NC(CC1CC1)c1cn2c(n1)CCC2. The summed E-state index contributed by atoms with van der Waals surface area (Å²) >= 11 is 0. The van der Waals surface area contributed by atoms with Gasteiger partial charge in [-0.15, -0.1) is 0 Å². The van der Waals surface area contributed by atoms with Gasteiger partial charge in [-0.2, -0.15) is 0 Å². The first-order chi connectivity index (χ1) is 6.83. The fraction of sp³-hybridized carbons (Fsp3) is 0.727. The molecule has 1 saturated carbocycles. The standard InChI is InChI=1S/C11H17N3/c12-9(6-8-3-4-8)10-7-14-5-1-2-11(14)13-10/h7-9H,1-6,12H2. The Labute approximate surface area is 84.3 Å². The number of imidazole rings is 1. The van der Waals surface area contributed by atoms with Gasteiger partial charge >= 0.3 is 0 Å². The minimum Gasteiger partial charge on any atom is -0.335 e. The molecule has 1 aliphatic heterocycles. The maximum Gasteiger partial charge on any atom is 0.109 e. The third-order valence-corrected chi connectivity index (χ3v) is 3.34. The van der Waals surface area contributed by atoms with Crippen LogP contribution in [-0.4, -0.2) is 9.55 Å². The van der Waals surface area contributed by atoms with Crippen molar-refractivity contribution >= 4 is 0 Å². The van der Waals surface area contributed by atoms with Gasteiger partial charge in [-0.05, 0) is 18.8 Å². The minimum absolute atomic E-state index is 0.181. The molecular weight excluding hydrogens is 174 g/mol. The van der Waals surface area contributed by atoms with Gasteiger partial charge < -0.3 is 10.3 Å². The van der Waals surface area contributed by atoms with Crippen LogP contribution in [0.3, 0.4) is 0 Å². The number of nitrogens with two attached hydrogens (primary N) is 1. The summed E-state index contributed by atoms with van der Waals surface area (Å²) in [6.07, 6.45) is 8.44. The average molecular weight is 191 g/mol. The second-order valence-corrected chi connectivity index (χ2v) is 4.66. The lowest BCUT2D eigenvalue weighted by Gasteiger charge is -2.06. The Hall–Kier alpha value is -0.830. The van der Waals surface area contributed by atoms with Crippen molar-refractivity contribution in [2.75, 3.05) is 0 Å². The lowest BCUT2D eigenvalue weighted by molar-refractivity contribution is 0.582. The first-order valence-electron chi connectivity index (χ1n) is 5.64. The van der Waals surface area contributed by atoms with Crippen molar-refractivity contribution < 1.29 is 0 Å². The monoisotopic (exact) mass is 191 g/mol. The van der Waals surface area contributed by atoms with Crippen LogP contribution in [0.2, 0.25) is 0 Å². The molecule has 0 saturated heterocycles. The van der Waals surface area contributed by atoms with E-state index in [4.69, 9.17) is 5.73 Å². The normalized spacial score (nSPS) is 22.4. The number of aromatic nitrogens is 2. The van der Waals surface area contributed by atoms with Gasteiger partial charge in [0.15, 0.2) is 0 Å². The van der Waals surface area contributed by atoms with E-state index >= 15 is 0 Å². The molecule has 76 valence electrons. The summed E-state index contributed by atoms with van der Waals surface area (Å²) in [5.41, 5.74) is 7.24. The van der Waals surface area contributed by atoms with Crippen LogP contribution in [0.4, 0.5) is 0 Å². The Kier molecular flexibility index (Phi) is 1.87. The Bertz CT molecular complexity index is 317. The molecule has 1 unspecified atom stereocenters. The summed E-state index contributed by atoms with van der Waals surface area (Å²) < 4.78 is 2.27. The molecule has 2 N–H and O–H groups in total. The lowest BCUT2D eigenvalue weighted by atomic mass is 10.1. The summed E-state index contributed by atoms with van der Waals surface area (Å²) in [4.78, 5) is 4.61. The third-order valence-electron chi connectivity index (χ3n) is 3.34. The highest BCUT2D eigenvalue weighted by molar-refractivity contribution is 5.11. The van der Waals surface area contributed by atoms with Gasteiger partial charge in [-0.25, -0.2) is 4.98 Å². The molecule has 14 heavy (non-hydrogen) atoms.